The summed E-state index contributed by atoms with van der Waals surface area (Å²) in [5.74, 6) is 1.41. The first-order valence-corrected chi connectivity index (χ1v) is 6.46. The first-order chi connectivity index (χ1) is 7.91. The lowest BCUT2D eigenvalue weighted by molar-refractivity contribution is -0.126. The summed E-state index contributed by atoms with van der Waals surface area (Å²) in [6.45, 7) is 9.90. The predicted octanol–water partition coefficient (Wildman–Crippen LogP) is 1.17. The number of carbonyl (C=O) groups excluding carboxylic acids is 2. The van der Waals surface area contributed by atoms with Gasteiger partial charge in [0.1, 0.15) is 0 Å². The summed E-state index contributed by atoms with van der Waals surface area (Å²) in [5, 5.41) is 5.66. The average molecular weight is 240 g/mol. The monoisotopic (exact) mass is 240 g/mol. The van der Waals surface area contributed by atoms with Crippen molar-refractivity contribution in [1.82, 2.24) is 10.6 Å². The van der Waals surface area contributed by atoms with Crippen LogP contribution < -0.4 is 10.6 Å². The lowest BCUT2D eigenvalue weighted by atomic mass is 9.85. The Kier molecular flexibility index (Phi) is 4.97. The summed E-state index contributed by atoms with van der Waals surface area (Å²) < 4.78 is 0. The summed E-state index contributed by atoms with van der Waals surface area (Å²) in [6, 6.07) is 0. The summed E-state index contributed by atoms with van der Waals surface area (Å²) in [7, 11) is 0. The molecule has 2 amide bonds. The molecule has 0 aromatic heterocycles. The third-order valence-electron chi connectivity index (χ3n) is 3.57. The van der Waals surface area contributed by atoms with Crippen LogP contribution in [0.25, 0.3) is 0 Å². The van der Waals surface area contributed by atoms with Gasteiger partial charge in [0.15, 0.2) is 0 Å². The van der Waals surface area contributed by atoms with Gasteiger partial charge in [-0.2, -0.15) is 0 Å². The van der Waals surface area contributed by atoms with E-state index in [4.69, 9.17) is 0 Å². The van der Waals surface area contributed by atoms with Gasteiger partial charge in [-0.15, -0.1) is 0 Å². The van der Waals surface area contributed by atoms with Gasteiger partial charge in [0.25, 0.3) is 0 Å². The van der Waals surface area contributed by atoms with E-state index in [1.807, 2.05) is 0 Å². The molecule has 1 rings (SSSR count). The zero-order valence-corrected chi connectivity index (χ0v) is 11.2. The molecular formula is C13H24N2O2. The molecule has 98 valence electrons. The summed E-state index contributed by atoms with van der Waals surface area (Å²) in [4.78, 5) is 22.9. The number of rotatable bonds is 5. The maximum Gasteiger partial charge on any atom is 0.225 e. The van der Waals surface area contributed by atoms with E-state index in [2.05, 4.69) is 38.3 Å². The summed E-state index contributed by atoms with van der Waals surface area (Å²) in [6.07, 6.45) is 0.333. The van der Waals surface area contributed by atoms with Gasteiger partial charge in [-0.1, -0.05) is 27.7 Å². The van der Waals surface area contributed by atoms with Crippen LogP contribution in [0.2, 0.25) is 0 Å². The second-order valence-corrected chi connectivity index (χ2v) is 5.60. The van der Waals surface area contributed by atoms with Crippen molar-refractivity contribution in [3.8, 4) is 0 Å². The molecular weight excluding hydrogens is 216 g/mol. The normalized spacial score (nSPS) is 20.2. The third kappa shape index (κ3) is 4.02. The van der Waals surface area contributed by atoms with E-state index >= 15 is 0 Å². The van der Waals surface area contributed by atoms with Crippen LogP contribution in [0.4, 0.5) is 0 Å². The van der Waals surface area contributed by atoms with Crippen molar-refractivity contribution in [3.05, 3.63) is 0 Å². The van der Waals surface area contributed by atoms with Crippen LogP contribution in [0, 0.1) is 23.7 Å². The smallest absolute Gasteiger partial charge is 0.225 e. The second kappa shape index (κ2) is 6.03. The van der Waals surface area contributed by atoms with Crippen LogP contribution in [0.5, 0.6) is 0 Å². The molecule has 1 unspecified atom stereocenters. The molecule has 1 aliphatic heterocycles. The number of nitrogens with one attached hydrogen (secondary N) is 2. The van der Waals surface area contributed by atoms with Crippen molar-refractivity contribution in [3.63, 3.8) is 0 Å². The van der Waals surface area contributed by atoms with Crippen molar-refractivity contribution < 1.29 is 9.59 Å². The van der Waals surface area contributed by atoms with E-state index < -0.39 is 0 Å². The van der Waals surface area contributed by atoms with Crippen molar-refractivity contribution >= 4 is 11.8 Å². The highest BCUT2D eigenvalue weighted by molar-refractivity contribution is 5.89. The molecule has 1 heterocycles. The highest BCUT2D eigenvalue weighted by Gasteiger charge is 2.28. The maximum absolute atomic E-state index is 11.8. The van der Waals surface area contributed by atoms with Gasteiger partial charge in [-0.05, 0) is 17.8 Å². The Bertz CT molecular complexity index is 279. The van der Waals surface area contributed by atoms with Crippen LogP contribution >= 0.6 is 0 Å². The van der Waals surface area contributed by atoms with E-state index in [1.165, 1.54) is 0 Å². The van der Waals surface area contributed by atoms with E-state index in [0.29, 0.717) is 37.3 Å². The van der Waals surface area contributed by atoms with Gasteiger partial charge in [0.2, 0.25) is 11.8 Å². The largest absolute Gasteiger partial charge is 0.355 e. The summed E-state index contributed by atoms with van der Waals surface area (Å²) in [5.41, 5.74) is 0. The van der Waals surface area contributed by atoms with Crippen molar-refractivity contribution in [2.75, 3.05) is 13.1 Å². The molecule has 17 heavy (non-hydrogen) atoms. The highest BCUT2D eigenvalue weighted by atomic mass is 16.2. The Hall–Kier alpha value is -1.06. The topological polar surface area (TPSA) is 58.2 Å². The fourth-order valence-corrected chi connectivity index (χ4v) is 2.39. The Morgan fingerprint density at radius 1 is 1.35 bits per heavy atom. The molecule has 0 bridgehead atoms. The van der Waals surface area contributed by atoms with Crippen LogP contribution in [0.3, 0.4) is 0 Å². The standard InChI is InChI=1S/C13H24N2O2/c1-8(2)11(9(3)4)7-15-13(17)10-5-12(16)14-6-10/h8-11H,5-7H2,1-4H3,(H,14,16)(H,15,17). The average Bonchev–Trinajstić information content (AvgIpc) is 2.63. The molecule has 2 N–H and O–H groups in total. The van der Waals surface area contributed by atoms with Gasteiger partial charge in [0.05, 0.1) is 5.92 Å². The van der Waals surface area contributed by atoms with Crippen LogP contribution in [0.15, 0.2) is 0 Å². The van der Waals surface area contributed by atoms with Crippen molar-refractivity contribution in [2.45, 2.75) is 34.1 Å². The first-order valence-electron chi connectivity index (χ1n) is 6.46. The predicted molar refractivity (Wildman–Crippen MR) is 67.3 cm³/mol. The number of hydrogen-bond acceptors (Lipinski definition) is 2. The fraction of sp³-hybridized carbons (Fsp3) is 0.846. The van der Waals surface area contributed by atoms with E-state index in [0.717, 1.165) is 0 Å². The van der Waals surface area contributed by atoms with E-state index in [-0.39, 0.29) is 17.7 Å². The minimum Gasteiger partial charge on any atom is -0.355 e. The fourth-order valence-electron chi connectivity index (χ4n) is 2.39. The first kappa shape index (κ1) is 14.0. The Morgan fingerprint density at radius 3 is 2.35 bits per heavy atom. The minimum atomic E-state index is -0.178. The molecule has 4 nitrogen and oxygen atoms in total. The van der Waals surface area contributed by atoms with Crippen LogP contribution in [-0.2, 0) is 9.59 Å². The lowest BCUT2D eigenvalue weighted by Gasteiger charge is -2.25. The van der Waals surface area contributed by atoms with E-state index in [9.17, 15) is 9.59 Å². The van der Waals surface area contributed by atoms with Gasteiger partial charge in [-0.25, -0.2) is 0 Å². The number of hydrogen-bond donors (Lipinski definition) is 2. The minimum absolute atomic E-state index is 0.00894. The molecule has 0 saturated carbocycles. The van der Waals surface area contributed by atoms with Gasteiger partial charge < -0.3 is 10.6 Å². The zero-order valence-electron chi connectivity index (χ0n) is 11.2. The van der Waals surface area contributed by atoms with Crippen molar-refractivity contribution in [1.29, 1.82) is 0 Å². The Morgan fingerprint density at radius 2 is 1.94 bits per heavy atom. The molecule has 0 aromatic carbocycles. The van der Waals surface area contributed by atoms with E-state index in [1.54, 1.807) is 0 Å². The molecule has 1 fully saturated rings. The van der Waals surface area contributed by atoms with Gasteiger partial charge in [0, 0.05) is 19.5 Å². The lowest BCUT2D eigenvalue weighted by Crippen LogP contribution is -2.38. The summed E-state index contributed by atoms with van der Waals surface area (Å²) >= 11 is 0. The van der Waals surface area contributed by atoms with Crippen molar-refractivity contribution in [2.24, 2.45) is 23.7 Å². The molecule has 1 saturated heterocycles. The maximum atomic E-state index is 11.8. The zero-order chi connectivity index (χ0) is 13.0. The highest BCUT2D eigenvalue weighted by Crippen LogP contribution is 2.19. The van der Waals surface area contributed by atoms with Gasteiger partial charge >= 0.3 is 0 Å². The molecule has 4 heteroatoms. The van der Waals surface area contributed by atoms with Crippen LogP contribution in [-0.4, -0.2) is 24.9 Å². The van der Waals surface area contributed by atoms with Crippen LogP contribution in [0.1, 0.15) is 34.1 Å². The molecule has 0 spiro atoms. The molecule has 0 radical (unpaired) electrons. The number of amides is 2. The molecule has 0 aliphatic carbocycles. The second-order valence-electron chi connectivity index (χ2n) is 5.60. The third-order valence-corrected chi connectivity index (χ3v) is 3.57. The Balaban J connectivity index is 2.38. The number of carbonyl (C=O) groups is 2. The molecule has 1 atom stereocenters. The Labute approximate surface area is 104 Å². The molecule has 0 aromatic rings. The molecule has 1 aliphatic rings. The van der Waals surface area contributed by atoms with Gasteiger partial charge in [-0.3, -0.25) is 9.59 Å². The quantitative estimate of drug-likeness (QED) is 0.758. The SMILES string of the molecule is CC(C)C(CNC(=O)C1CNC(=O)C1)C(C)C.